The first-order chi connectivity index (χ1) is 18.5. The lowest BCUT2D eigenvalue weighted by atomic mass is 9.96. The maximum absolute atomic E-state index is 14.6. The molecule has 2 aromatic heterocycles. The van der Waals surface area contributed by atoms with E-state index < -0.39 is 63.1 Å². The van der Waals surface area contributed by atoms with Gasteiger partial charge in [0.15, 0.2) is 0 Å². The van der Waals surface area contributed by atoms with Gasteiger partial charge in [-0.3, -0.25) is 9.32 Å². The molecule has 12 nitrogen and oxygen atoms in total. The lowest BCUT2D eigenvalue weighted by Crippen LogP contribution is -2.49. The summed E-state index contributed by atoms with van der Waals surface area (Å²) < 4.78 is 51.9. The van der Waals surface area contributed by atoms with Gasteiger partial charge < -0.3 is 29.9 Å². The van der Waals surface area contributed by atoms with Crippen molar-refractivity contribution in [2.45, 2.75) is 56.8 Å². The summed E-state index contributed by atoms with van der Waals surface area (Å²) in [5.74, 6) is -0.577. The van der Waals surface area contributed by atoms with Crippen LogP contribution in [0.15, 0.2) is 54.7 Å². The van der Waals surface area contributed by atoms with Crippen LogP contribution in [0.2, 0.25) is 0 Å². The van der Waals surface area contributed by atoms with Crippen molar-refractivity contribution < 1.29 is 42.5 Å². The van der Waals surface area contributed by atoms with E-state index in [1.807, 2.05) is 0 Å². The van der Waals surface area contributed by atoms with Crippen LogP contribution in [0, 0.1) is 0 Å². The molecule has 0 aliphatic carbocycles. The number of nitrogens with zero attached hydrogens (tertiary/aromatic N) is 2. The maximum atomic E-state index is 14.6. The molecule has 0 bridgehead atoms. The number of nitrogens with two attached hydrogens (primary N) is 1. The number of aliphatic hydroxyl groups excluding tert-OH is 2. The number of rotatable bonds is 11. The molecule has 3 aromatic rings. The molecular formula is C25H32FN4O8P. The fraction of sp³-hybridized carbons (Fsp3) is 0.440. The minimum Gasteiger partial charge on any atom is -0.462 e. The van der Waals surface area contributed by atoms with Gasteiger partial charge in [-0.05, 0) is 51.1 Å². The summed E-state index contributed by atoms with van der Waals surface area (Å²) in [5, 5.41) is 28.4. The number of benzene rings is 1. The Balaban J connectivity index is 1.58. The third-order valence-corrected chi connectivity index (χ3v) is 7.80. The van der Waals surface area contributed by atoms with E-state index in [1.165, 1.54) is 29.8 Å². The fourth-order valence-electron chi connectivity index (χ4n) is 4.17. The van der Waals surface area contributed by atoms with Crippen LogP contribution in [0.1, 0.15) is 32.6 Å². The molecule has 5 N–H and O–H groups in total. The number of halogens is 1. The number of para-hydroxylation sites is 1. The Morgan fingerprint density at radius 2 is 1.95 bits per heavy atom. The molecule has 0 unspecified atom stereocenters. The largest absolute Gasteiger partial charge is 0.462 e. The Morgan fingerprint density at radius 3 is 2.62 bits per heavy atom. The molecule has 1 aromatic carbocycles. The predicted molar refractivity (Wildman–Crippen MR) is 139 cm³/mol. The standard InChI is InChI=1S/C25H32FN4O8P/c1-15(2)36-24(33)16(3)29-39(34,38-17-7-5-4-6-8-17)35-14-25(13-26)23(32)21(31)22(37-25)20-10-9-19-18(27)11-12-28-30(19)20/h4-12,15-16,21-23,31-32H,13-14,27H2,1-3H3,(H,29,34)/t16-,21-,22-,23-,25+,39-/m0/s1. The average molecular weight is 567 g/mol. The van der Waals surface area contributed by atoms with Gasteiger partial charge in [0.2, 0.25) is 0 Å². The zero-order valence-electron chi connectivity index (χ0n) is 21.6. The molecule has 6 atom stereocenters. The van der Waals surface area contributed by atoms with Crippen LogP contribution in [-0.2, 0) is 23.4 Å². The zero-order valence-corrected chi connectivity index (χ0v) is 22.5. The molecule has 1 saturated heterocycles. The Labute approximate surface area is 224 Å². The Bertz CT molecular complexity index is 1340. The molecule has 14 heteroatoms. The van der Waals surface area contributed by atoms with E-state index in [1.54, 1.807) is 50.2 Å². The summed E-state index contributed by atoms with van der Waals surface area (Å²) in [6.45, 7) is 2.60. The van der Waals surface area contributed by atoms with E-state index in [4.69, 9.17) is 24.3 Å². The number of fused-ring (bicyclic) bond motifs is 1. The molecular weight excluding hydrogens is 534 g/mol. The highest BCUT2D eigenvalue weighted by atomic mass is 31.2. The average Bonchev–Trinajstić information content (AvgIpc) is 3.43. The number of hydrogen-bond acceptors (Lipinski definition) is 10. The SMILES string of the molecule is CC(C)OC(=O)[C@H](C)N[P@](=O)(OC[C@@]1(CF)O[C@@H](c2ccc3c(N)ccnn23)[C@H](O)[C@@H]1O)Oc1ccccc1. The summed E-state index contributed by atoms with van der Waals surface area (Å²) in [6.07, 6.45) is -3.58. The fourth-order valence-corrected chi connectivity index (χ4v) is 5.72. The van der Waals surface area contributed by atoms with Gasteiger partial charge in [-0.2, -0.15) is 10.2 Å². The van der Waals surface area contributed by atoms with Crippen LogP contribution in [-0.4, -0.2) is 69.0 Å². The van der Waals surface area contributed by atoms with E-state index in [0.29, 0.717) is 16.9 Å². The van der Waals surface area contributed by atoms with Crippen molar-refractivity contribution in [1.29, 1.82) is 0 Å². The number of ether oxygens (including phenoxy) is 2. The number of hydrogen-bond donors (Lipinski definition) is 4. The summed E-state index contributed by atoms with van der Waals surface area (Å²) >= 11 is 0. The molecule has 39 heavy (non-hydrogen) atoms. The third-order valence-electron chi connectivity index (χ3n) is 6.17. The molecule has 1 fully saturated rings. The molecule has 212 valence electrons. The van der Waals surface area contributed by atoms with E-state index in [0.717, 1.165) is 0 Å². The van der Waals surface area contributed by atoms with E-state index in [-0.39, 0.29) is 5.75 Å². The number of alkyl halides is 1. The van der Waals surface area contributed by atoms with Gasteiger partial charge >= 0.3 is 13.7 Å². The van der Waals surface area contributed by atoms with Crippen LogP contribution in [0.4, 0.5) is 10.1 Å². The van der Waals surface area contributed by atoms with Crippen LogP contribution >= 0.6 is 7.75 Å². The summed E-state index contributed by atoms with van der Waals surface area (Å²) in [4.78, 5) is 12.4. The number of nitrogens with one attached hydrogen (secondary N) is 1. The smallest absolute Gasteiger partial charge is 0.459 e. The van der Waals surface area contributed by atoms with Crippen molar-refractivity contribution in [3.8, 4) is 5.75 Å². The van der Waals surface area contributed by atoms with Gasteiger partial charge in [0.1, 0.15) is 42.4 Å². The quantitative estimate of drug-likeness (QED) is 0.199. The lowest BCUT2D eigenvalue weighted by molar-refractivity contribution is -0.149. The van der Waals surface area contributed by atoms with Crippen molar-refractivity contribution in [2.24, 2.45) is 0 Å². The van der Waals surface area contributed by atoms with Crippen molar-refractivity contribution in [3.63, 3.8) is 0 Å². The van der Waals surface area contributed by atoms with E-state index >= 15 is 0 Å². The van der Waals surface area contributed by atoms with Crippen LogP contribution in [0.25, 0.3) is 5.52 Å². The first-order valence-corrected chi connectivity index (χ1v) is 13.8. The third kappa shape index (κ3) is 6.08. The lowest BCUT2D eigenvalue weighted by Gasteiger charge is -2.31. The minimum atomic E-state index is -4.40. The summed E-state index contributed by atoms with van der Waals surface area (Å²) in [7, 11) is -4.40. The van der Waals surface area contributed by atoms with Gasteiger partial charge in [-0.1, -0.05) is 18.2 Å². The number of carbonyl (C=O) groups excluding carboxylic acids is 1. The molecule has 1 aliphatic heterocycles. The number of aliphatic hydroxyl groups is 2. The summed E-state index contributed by atoms with van der Waals surface area (Å²) in [5.41, 5.74) is 5.10. The highest BCUT2D eigenvalue weighted by molar-refractivity contribution is 7.52. The van der Waals surface area contributed by atoms with Crippen LogP contribution in [0.5, 0.6) is 5.75 Å². The second kappa shape index (κ2) is 11.6. The van der Waals surface area contributed by atoms with Gasteiger partial charge in [-0.15, -0.1) is 0 Å². The Morgan fingerprint density at radius 1 is 1.23 bits per heavy atom. The first kappa shape index (κ1) is 28.9. The molecule has 1 aliphatic rings. The number of carbonyl (C=O) groups is 1. The highest BCUT2D eigenvalue weighted by Crippen LogP contribution is 2.48. The van der Waals surface area contributed by atoms with Gasteiger partial charge in [-0.25, -0.2) is 13.5 Å². The van der Waals surface area contributed by atoms with Crippen molar-refractivity contribution >= 4 is 24.9 Å². The topological polar surface area (TPSA) is 167 Å². The van der Waals surface area contributed by atoms with Crippen molar-refractivity contribution in [3.05, 3.63) is 60.4 Å². The van der Waals surface area contributed by atoms with E-state index in [9.17, 15) is 24.0 Å². The Hall–Kier alpha value is -3.06. The minimum absolute atomic E-state index is 0.140. The maximum Gasteiger partial charge on any atom is 0.459 e. The molecule has 3 heterocycles. The monoisotopic (exact) mass is 566 g/mol. The number of esters is 1. The highest BCUT2D eigenvalue weighted by Gasteiger charge is 2.57. The van der Waals surface area contributed by atoms with Crippen LogP contribution < -0.4 is 15.3 Å². The molecule has 0 radical (unpaired) electrons. The predicted octanol–water partition coefficient (Wildman–Crippen LogP) is 2.55. The second-order valence-corrected chi connectivity index (χ2v) is 11.2. The normalized spacial score (nSPS) is 25.5. The molecule has 0 amide bonds. The van der Waals surface area contributed by atoms with Crippen molar-refractivity contribution in [2.75, 3.05) is 19.0 Å². The molecule has 0 spiro atoms. The van der Waals surface area contributed by atoms with Gasteiger partial charge in [0, 0.05) is 6.20 Å². The number of anilines is 1. The van der Waals surface area contributed by atoms with Crippen molar-refractivity contribution in [1.82, 2.24) is 14.7 Å². The van der Waals surface area contributed by atoms with Gasteiger partial charge in [0.05, 0.1) is 29.6 Å². The number of aromatic nitrogens is 2. The number of nitrogen functional groups attached to an aromatic ring is 1. The zero-order chi connectivity index (χ0) is 28.4. The summed E-state index contributed by atoms with van der Waals surface area (Å²) in [6, 6.07) is 11.7. The van der Waals surface area contributed by atoms with Crippen LogP contribution in [0.3, 0.4) is 0 Å². The second-order valence-electron chi connectivity index (χ2n) is 9.53. The van der Waals surface area contributed by atoms with E-state index in [2.05, 4.69) is 10.2 Å². The molecule has 4 rings (SSSR count). The first-order valence-electron chi connectivity index (χ1n) is 12.3. The van der Waals surface area contributed by atoms with Gasteiger partial charge in [0.25, 0.3) is 0 Å². The Kier molecular flexibility index (Phi) is 8.60. The molecule has 0 saturated carbocycles.